The van der Waals surface area contributed by atoms with Gasteiger partial charge in [-0.3, -0.25) is 4.79 Å². The average molecular weight is 351 g/mol. The molecule has 0 N–H and O–H groups in total. The van der Waals surface area contributed by atoms with E-state index < -0.39 is 5.82 Å². The Morgan fingerprint density at radius 2 is 1.67 bits per heavy atom. The van der Waals surface area contributed by atoms with Gasteiger partial charge >= 0.3 is 0 Å². The summed E-state index contributed by atoms with van der Waals surface area (Å²) < 4.78 is 26.8. The van der Waals surface area contributed by atoms with Crippen molar-refractivity contribution in [2.75, 3.05) is 31.1 Å². The van der Waals surface area contributed by atoms with Crippen LogP contribution in [-0.4, -0.2) is 37.0 Å². The lowest BCUT2D eigenvalue weighted by Crippen LogP contribution is -2.49. The van der Waals surface area contributed by atoms with Crippen LogP contribution in [0.3, 0.4) is 0 Å². The van der Waals surface area contributed by atoms with Crippen LogP contribution in [0.15, 0.2) is 42.5 Å². The predicted octanol–water partition coefficient (Wildman–Crippen LogP) is 3.51. The van der Waals surface area contributed by atoms with Crippen LogP contribution in [0.5, 0.6) is 0 Å². The monoisotopic (exact) mass is 350 g/mol. The first kappa shape index (κ1) is 16.7. The molecule has 126 valence electrons. The van der Waals surface area contributed by atoms with Gasteiger partial charge in [0.2, 0.25) is 5.91 Å². The van der Waals surface area contributed by atoms with Crippen LogP contribution < -0.4 is 4.90 Å². The molecule has 0 bridgehead atoms. The van der Waals surface area contributed by atoms with E-state index >= 15 is 0 Å². The van der Waals surface area contributed by atoms with Crippen LogP contribution in [0.25, 0.3) is 0 Å². The summed E-state index contributed by atoms with van der Waals surface area (Å²) in [5.41, 5.74) is 1.17. The molecule has 1 amide bonds. The first-order valence-electron chi connectivity index (χ1n) is 7.76. The summed E-state index contributed by atoms with van der Waals surface area (Å²) in [6, 6.07) is 10.7. The number of carbonyl (C=O) groups is 1. The average Bonchev–Trinajstić information content (AvgIpc) is 2.59. The summed E-state index contributed by atoms with van der Waals surface area (Å²) in [6.07, 6.45) is -0.0396. The van der Waals surface area contributed by atoms with Gasteiger partial charge in [-0.1, -0.05) is 17.7 Å². The molecule has 0 aromatic heterocycles. The SMILES string of the molecule is O=C(Cc1c(F)cccc1Cl)N1CCN(c2ccc(F)cc2)CC1. The molecule has 6 heteroatoms. The second-order valence-electron chi connectivity index (χ2n) is 5.72. The number of nitrogens with zero attached hydrogens (tertiary/aromatic N) is 2. The van der Waals surface area contributed by atoms with Gasteiger partial charge in [-0.25, -0.2) is 8.78 Å². The summed E-state index contributed by atoms with van der Waals surface area (Å²) in [6.45, 7) is 2.40. The molecule has 1 saturated heterocycles. The van der Waals surface area contributed by atoms with Crippen LogP contribution in [0.2, 0.25) is 5.02 Å². The number of amides is 1. The van der Waals surface area contributed by atoms with Gasteiger partial charge in [0, 0.05) is 42.5 Å². The van der Waals surface area contributed by atoms with E-state index in [9.17, 15) is 13.6 Å². The second kappa shape index (κ2) is 7.18. The van der Waals surface area contributed by atoms with E-state index in [1.165, 1.54) is 24.3 Å². The van der Waals surface area contributed by atoms with Crippen LogP contribution in [0.4, 0.5) is 14.5 Å². The molecule has 0 unspecified atom stereocenters. The zero-order chi connectivity index (χ0) is 17.1. The Morgan fingerprint density at radius 1 is 1.00 bits per heavy atom. The molecule has 1 fully saturated rings. The smallest absolute Gasteiger partial charge is 0.227 e. The van der Waals surface area contributed by atoms with Crippen molar-refractivity contribution in [1.29, 1.82) is 0 Å². The minimum atomic E-state index is -0.458. The molecule has 0 spiro atoms. The molecular weight excluding hydrogens is 334 g/mol. The Balaban J connectivity index is 1.60. The zero-order valence-corrected chi connectivity index (χ0v) is 13.8. The molecule has 0 atom stereocenters. The van der Waals surface area contributed by atoms with E-state index in [-0.39, 0.29) is 28.7 Å². The van der Waals surface area contributed by atoms with E-state index in [2.05, 4.69) is 4.90 Å². The highest BCUT2D eigenvalue weighted by atomic mass is 35.5. The Labute approximate surface area is 144 Å². The van der Waals surface area contributed by atoms with E-state index in [4.69, 9.17) is 11.6 Å². The highest BCUT2D eigenvalue weighted by Gasteiger charge is 2.23. The van der Waals surface area contributed by atoms with Gasteiger partial charge in [0.15, 0.2) is 0 Å². The first-order chi connectivity index (χ1) is 11.5. The fourth-order valence-corrected chi connectivity index (χ4v) is 3.06. The van der Waals surface area contributed by atoms with Gasteiger partial charge in [0.1, 0.15) is 11.6 Å². The number of hydrogen-bond donors (Lipinski definition) is 0. The number of rotatable bonds is 3. The van der Waals surface area contributed by atoms with E-state index in [0.717, 1.165) is 5.69 Å². The molecule has 0 radical (unpaired) electrons. The predicted molar refractivity (Wildman–Crippen MR) is 90.3 cm³/mol. The van der Waals surface area contributed by atoms with Crippen molar-refractivity contribution in [1.82, 2.24) is 4.90 Å². The highest BCUT2D eigenvalue weighted by Crippen LogP contribution is 2.21. The molecule has 0 saturated carbocycles. The first-order valence-corrected chi connectivity index (χ1v) is 8.13. The summed E-state index contributed by atoms with van der Waals surface area (Å²) in [4.78, 5) is 16.2. The minimum absolute atomic E-state index is 0.0396. The van der Waals surface area contributed by atoms with Gasteiger partial charge in [-0.05, 0) is 36.4 Å². The fourth-order valence-electron chi connectivity index (χ4n) is 2.83. The minimum Gasteiger partial charge on any atom is -0.368 e. The van der Waals surface area contributed by atoms with Crippen molar-refractivity contribution in [3.63, 3.8) is 0 Å². The van der Waals surface area contributed by atoms with Crippen molar-refractivity contribution < 1.29 is 13.6 Å². The summed E-state index contributed by atoms with van der Waals surface area (Å²) in [7, 11) is 0. The standard InChI is InChI=1S/C18H17ClF2N2O/c19-16-2-1-3-17(21)15(16)12-18(24)23-10-8-22(9-11-23)14-6-4-13(20)5-7-14/h1-7H,8-12H2. The van der Waals surface area contributed by atoms with Crippen molar-refractivity contribution in [3.8, 4) is 0 Å². The second-order valence-corrected chi connectivity index (χ2v) is 6.13. The van der Waals surface area contributed by atoms with Crippen LogP contribution in [0.1, 0.15) is 5.56 Å². The number of carbonyl (C=O) groups excluding carboxylic acids is 1. The highest BCUT2D eigenvalue weighted by molar-refractivity contribution is 6.31. The molecule has 0 aliphatic carbocycles. The summed E-state index contributed by atoms with van der Waals surface area (Å²) in [5.74, 6) is -0.865. The summed E-state index contributed by atoms with van der Waals surface area (Å²) in [5, 5.41) is 0.272. The molecule has 1 heterocycles. The van der Waals surface area contributed by atoms with Crippen LogP contribution >= 0.6 is 11.6 Å². The van der Waals surface area contributed by atoms with Gasteiger partial charge in [-0.2, -0.15) is 0 Å². The van der Waals surface area contributed by atoms with Gasteiger partial charge < -0.3 is 9.80 Å². The number of halogens is 3. The Kier molecular flexibility index (Phi) is 5.00. The van der Waals surface area contributed by atoms with Crippen LogP contribution in [-0.2, 0) is 11.2 Å². The lowest BCUT2D eigenvalue weighted by atomic mass is 10.1. The third kappa shape index (κ3) is 3.67. The third-order valence-corrected chi connectivity index (χ3v) is 4.57. The Morgan fingerprint density at radius 3 is 2.29 bits per heavy atom. The van der Waals surface area contributed by atoms with Crippen molar-refractivity contribution >= 4 is 23.2 Å². The Bertz CT molecular complexity index is 708. The van der Waals surface area contributed by atoms with Gasteiger partial charge in [-0.15, -0.1) is 0 Å². The number of hydrogen-bond acceptors (Lipinski definition) is 2. The van der Waals surface area contributed by atoms with Crippen molar-refractivity contribution in [2.24, 2.45) is 0 Å². The van der Waals surface area contributed by atoms with Gasteiger partial charge in [0.25, 0.3) is 0 Å². The van der Waals surface area contributed by atoms with E-state index in [0.29, 0.717) is 26.2 Å². The number of benzene rings is 2. The molecular formula is C18H17ClF2N2O. The molecule has 2 aromatic carbocycles. The van der Waals surface area contributed by atoms with E-state index in [1.807, 2.05) is 0 Å². The molecule has 1 aliphatic heterocycles. The van der Waals surface area contributed by atoms with Crippen LogP contribution in [0, 0.1) is 11.6 Å². The maximum absolute atomic E-state index is 13.8. The largest absolute Gasteiger partial charge is 0.368 e. The third-order valence-electron chi connectivity index (χ3n) is 4.21. The fraction of sp³-hybridized carbons (Fsp3) is 0.278. The molecule has 1 aliphatic rings. The molecule has 24 heavy (non-hydrogen) atoms. The Hall–Kier alpha value is -2.14. The quantitative estimate of drug-likeness (QED) is 0.845. The van der Waals surface area contributed by atoms with Crippen molar-refractivity contribution in [3.05, 3.63) is 64.7 Å². The number of piperazine rings is 1. The topological polar surface area (TPSA) is 23.6 Å². The lowest BCUT2D eigenvalue weighted by molar-refractivity contribution is -0.130. The summed E-state index contributed by atoms with van der Waals surface area (Å²) >= 11 is 5.98. The molecule has 3 nitrogen and oxygen atoms in total. The maximum Gasteiger partial charge on any atom is 0.227 e. The molecule has 2 aromatic rings. The molecule has 3 rings (SSSR count). The van der Waals surface area contributed by atoms with Gasteiger partial charge in [0.05, 0.1) is 6.42 Å². The normalized spacial score (nSPS) is 14.8. The van der Waals surface area contributed by atoms with E-state index in [1.54, 1.807) is 23.1 Å². The zero-order valence-electron chi connectivity index (χ0n) is 13.0. The maximum atomic E-state index is 13.8. The van der Waals surface area contributed by atoms with Crippen molar-refractivity contribution in [2.45, 2.75) is 6.42 Å². The lowest BCUT2D eigenvalue weighted by Gasteiger charge is -2.36. The number of anilines is 1.